The molecule has 0 saturated heterocycles. The number of aromatic nitrogens is 1. The number of nitrogens with one attached hydrogen (secondary N) is 1. The van der Waals surface area contributed by atoms with E-state index in [2.05, 4.69) is 41.1 Å². The van der Waals surface area contributed by atoms with Gasteiger partial charge in [0.15, 0.2) is 0 Å². The Balaban J connectivity index is 2.01. The minimum atomic E-state index is 0.297. The Bertz CT molecular complexity index is 465. The van der Waals surface area contributed by atoms with Crippen LogP contribution in [0.4, 0.5) is 0 Å². The van der Waals surface area contributed by atoms with Gasteiger partial charge in [0.25, 0.3) is 0 Å². The van der Waals surface area contributed by atoms with Crippen LogP contribution in [0.5, 0.6) is 0 Å². The quantitative estimate of drug-likeness (QED) is 0.779. The molecule has 1 heterocycles. The maximum atomic E-state index is 4.05. The van der Waals surface area contributed by atoms with Gasteiger partial charge < -0.3 is 5.32 Å². The Morgan fingerprint density at radius 1 is 1.11 bits per heavy atom. The summed E-state index contributed by atoms with van der Waals surface area (Å²) in [6.45, 7) is 4.69. The van der Waals surface area contributed by atoms with E-state index in [1.807, 2.05) is 36.7 Å². The first-order valence-electron chi connectivity index (χ1n) is 6.18. The van der Waals surface area contributed by atoms with Gasteiger partial charge in [0, 0.05) is 25.0 Å². The summed E-state index contributed by atoms with van der Waals surface area (Å²) in [4.78, 5) is 4.05. The predicted molar refractivity (Wildman–Crippen MR) is 75.1 cm³/mol. The predicted octanol–water partition coefficient (Wildman–Crippen LogP) is 3.49. The highest BCUT2D eigenvalue weighted by Gasteiger charge is 2.08. The molecule has 2 heteroatoms. The molecule has 2 rings (SSSR count). The number of rotatable bonds is 6. The van der Waals surface area contributed by atoms with Gasteiger partial charge in [-0.3, -0.25) is 4.98 Å². The van der Waals surface area contributed by atoms with Gasteiger partial charge in [0.1, 0.15) is 0 Å². The lowest BCUT2D eigenvalue weighted by atomic mass is 10.0. The zero-order valence-electron chi connectivity index (χ0n) is 10.4. The molecule has 92 valence electrons. The van der Waals surface area contributed by atoms with Crippen LogP contribution in [0.15, 0.2) is 67.5 Å². The molecule has 2 nitrogen and oxygen atoms in total. The SMILES string of the molecule is C=CC[C@H](NCc1ccccc1)c1ccncc1. The summed E-state index contributed by atoms with van der Waals surface area (Å²) in [6.07, 6.45) is 6.52. The fourth-order valence-electron chi connectivity index (χ4n) is 1.94. The Labute approximate surface area is 108 Å². The van der Waals surface area contributed by atoms with Crippen LogP contribution in [0.25, 0.3) is 0 Å². The number of pyridine rings is 1. The molecule has 18 heavy (non-hydrogen) atoms. The summed E-state index contributed by atoms with van der Waals surface area (Å²) < 4.78 is 0. The smallest absolute Gasteiger partial charge is 0.0358 e. The van der Waals surface area contributed by atoms with Crippen molar-refractivity contribution in [3.8, 4) is 0 Å². The molecule has 0 bridgehead atoms. The van der Waals surface area contributed by atoms with Gasteiger partial charge in [0.2, 0.25) is 0 Å². The molecular formula is C16H18N2. The molecule has 0 unspecified atom stereocenters. The van der Waals surface area contributed by atoms with Gasteiger partial charge in [-0.2, -0.15) is 0 Å². The van der Waals surface area contributed by atoms with Crippen molar-refractivity contribution in [1.82, 2.24) is 10.3 Å². The molecule has 2 aromatic rings. The van der Waals surface area contributed by atoms with Crippen molar-refractivity contribution in [2.75, 3.05) is 0 Å². The summed E-state index contributed by atoms with van der Waals surface area (Å²) in [7, 11) is 0. The lowest BCUT2D eigenvalue weighted by molar-refractivity contribution is 0.538. The van der Waals surface area contributed by atoms with Crippen LogP contribution < -0.4 is 5.32 Å². The summed E-state index contributed by atoms with van der Waals surface area (Å²) in [5, 5.41) is 3.55. The van der Waals surface area contributed by atoms with E-state index in [1.54, 1.807) is 0 Å². The highest BCUT2D eigenvalue weighted by molar-refractivity contribution is 5.18. The van der Waals surface area contributed by atoms with Crippen LogP contribution in [-0.4, -0.2) is 4.98 Å². The minimum absolute atomic E-state index is 0.297. The van der Waals surface area contributed by atoms with E-state index in [9.17, 15) is 0 Å². The van der Waals surface area contributed by atoms with Crippen molar-refractivity contribution in [3.63, 3.8) is 0 Å². The third-order valence-electron chi connectivity index (χ3n) is 2.91. The molecule has 0 amide bonds. The number of hydrogen-bond donors (Lipinski definition) is 1. The second-order valence-electron chi connectivity index (χ2n) is 4.22. The topological polar surface area (TPSA) is 24.9 Å². The van der Waals surface area contributed by atoms with E-state index in [0.29, 0.717) is 6.04 Å². The molecule has 0 aliphatic rings. The van der Waals surface area contributed by atoms with E-state index in [1.165, 1.54) is 11.1 Å². The van der Waals surface area contributed by atoms with Crippen LogP contribution in [0.1, 0.15) is 23.6 Å². The Hall–Kier alpha value is -1.93. The Morgan fingerprint density at radius 3 is 2.50 bits per heavy atom. The molecule has 0 saturated carbocycles. The highest BCUT2D eigenvalue weighted by Crippen LogP contribution is 2.16. The normalized spacial score (nSPS) is 12.0. The average molecular weight is 238 g/mol. The first-order chi connectivity index (χ1) is 8.90. The molecule has 0 fully saturated rings. The summed E-state index contributed by atoms with van der Waals surface area (Å²) in [5.41, 5.74) is 2.54. The molecule has 0 aliphatic carbocycles. The molecule has 0 spiro atoms. The van der Waals surface area contributed by atoms with E-state index in [4.69, 9.17) is 0 Å². The van der Waals surface area contributed by atoms with Gasteiger partial charge in [0.05, 0.1) is 0 Å². The standard InChI is InChI=1S/C16H18N2/c1-2-6-16(15-9-11-17-12-10-15)18-13-14-7-4-3-5-8-14/h2-5,7-12,16,18H,1,6,13H2/t16-/m0/s1. The number of hydrogen-bond acceptors (Lipinski definition) is 2. The van der Waals surface area contributed by atoms with Crippen molar-refractivity contribution in [1.29, 1.82) is 0 Å². The molecule has 0 aliphatic heterocycles. The number of nitrogens with zero attached hydrogens (tertiary/aromatic N) is 1. The van der Waals surface area contributed by atoms with Crippen molar-refractivity contribution >= 4 is 0 Å². The molecule has 1 N–H and O–H groups in total. The van der Waals surface area contributed by atoms with Crippen LogP contribution in [0.3, 0.4) is 0 Å². The fourth-order valence-corrected chi connectivity index (χ4v) is 1.94. The van der Waals surface area contributed by atoms with Crippen molar-refractivity contribution in [3.05, 3.63) is 78.6 Å². The molecular weight excluding hydrogens is 220 g/mol. The Morgan fingerprint density at radius 2 is 1.83 bits per heavy atom. The van der Waals surface area contributed by atoms with Crippen LogP contribution in [0.2, 0.25) is 0 Å². The molecule has 1 aromatic heterocycles. The van der Waals surface area contributed by atoms with Gasteiger partial charge in [-0.25, -0.2) is 0 Å². The van der Waals surface area contributed by atoms with Crippen LogP contribution in [-0.2, 0) is 6.54 Å². The van der Waals surface area contributed by atoms with Gasteiger partial charge >= 0.3 is 0 Å². The lowest BCUT2D eigenvalue weighted by Crippen LogP contribution is -2.20. The monoisotopic (exact) mass is 238 g/mol. The van der Waals surface area contributed by atoms with Crippen LogP contribution in [0, 0.1) is 0 Å². The van der Waals surface area contributed by atoms with Crippen LogP contribution >= 0.6 is 0 Å². The molecule has 0 radical (unpaired) electrons. The molecule has 1 aromatic carbocycles. The van der Waals surface area contributed by atoms with E-state index >= 15 is 0 Å². The maximum absolute atomic E-state index is 4.05. The van der Waals surface area contributed by atoms with Crippen molar-refractivity contribution in [2.45, 2.75) is 19.0 Å². The summed E-state index contributed by atoms with van der Waals surface area (Å²) >= 11 is 0. The third-order valence-corrected chi connectivity index (χ3v) is 2.91. The minimum Gasteiger partial charge on any atom is -0.306 e. The van der Waals surface area contributed by atoms with Gasteiger partial charge in [-0.05, 0) is 29.7 Å². The second-order valence-corrected chi connectivity index (χ2v) is 4.22. The zero-order chi connectivity index (χ0) is 12.6. The fraction of sp³-hybridized carbons (Fsp3) is 0.188. The first-order valence-corrected chi connectivity index (χ1v) is 6.18. The van der Waals surface area contributed by atoms with E-state index < -0.39 is 0 Å². The third kappa shape index (κ3) is 3.54. The largest absolute Gasteiger partial charge is 0.306 e. The maximum Gasteiger partial charge on any atom is 0.0358 e. The highest BCUT2D eigenvalue weighted by atomic mass is 14.9. The lowest BCUT2D eigenvalue weighted by Gasteiger charge is -2.17. The van der Waals surface area contributed by atoms with E-state index in [0.717, 1.165) is 13.0 Å². The summed E-state index contributed by atoms with van der Waals surface area (Å²) in [5.74, 6) is 0. The second kappa shape index (κ2) is 6.72. The first kappa shape index (κ1) is 12.5. The van der Waals surface area contributed by atoms with Gasteiger partial charge in [-0.1, -0.05) is 36.4 Å². The Kier molecular flexibility index (Phi) is 4.68. The van der Waals surface area contributed by atoms with E-state index in [-0.39, 0.29) is 0 Å². The summed E-state index contributed by atoms with van der Waals surface area (Å²) in [6, 6.07) is 14.8. The molecule has 1 atom stereocenters. The van der Waals surface area contributed by atoms with Crippen molar-refractivity contribution in [2.24, 2.45) is 0 Å². The average Bonchev–Trinajstić information content (AvgIpc) is 2.45. The number of benzene rings is 1. The van der Waals surface area contributed by atoms with Crippen molar-refractivity contribution < 1.29 is 0 Å². The van der Waals surface area contributed by atoms with Gasteiger partial charge in [-0.15, -0.1) is 6.58 Å². The zero-order valence-corrected chi connectivity index (χ0v) is 10.4.